The van der Waals surface area contributed by atoms with Crippen LogP contribution in [0.3, 0.4) is 0 Å². The summed E-state index contributed by atoms with van der Waals surface area (Å²) in [6.45, 7) is 0.859. The van der Waals surface area contributed by atoms with E-state index in [4.69, 9.17) is 9.26 Å². The highest BCUT2D eigenvalue weighted by Gasteiger charge is 2.35. The third-order valence-electron chi connectivity index (χ3n) is 5.58. The van der Waals surface area contributed by atoms with Gasteiger partial charge >= 0.3 is 6.09 Å². The Morgan fingerprint density at radius 3 is 2.67 bits per heavy atom. The first-order valence-corrected chi connectivity index (χ1v) is 10.4. The summed E-state index contributed by atoms with van der Waals surface area (Å²) in [7, 11) is 0. The van der Waals surface area contributed by atoms with Gasteiger partial charge in [-0.1, -0.05) is 5.16 Å². The normalized spacial score (nSPS) is 18.2. The highest BCUT2D eigenvalue weighted by molar-refractivity contribution is 5.94. The number of anilines is 3. The van der Waals surface area contributed by atoms with E-state index >= 15 is 0 Å². The van der Waals surface area contributed by atoms with Crippen molar-refractivity contribution in [2.24, 2.45) is 0 Å². The summed E-state index contributed by atoms with van der Waals surface area (Å²) in [6, 6.07) is 7.52. The van der Waals surface area contributed by atoms with E-state index in [0.29, 0.717) is 30.2 Å². The Balaban J connectivity index is 1.32. The molecule has 0 spiro atoms. The Bertz CT molecular complexity index is 1190. The molecule has 2 aliphatic rings. The number of hydrogen-bond acceptors (Lipinski definition) is 7. The SMILES string of the molecule is O=C1CCCN1c1ccc(-c2ccc(N3C[C@H](CNc4ccon4)OC3=O)c(F)c2F)cn1. The molecular weight excluding hydrogens is 436 g/mol. The molecule has 3 aromatic rings. The molecule has 0 radical (unpaired) electrons. The van der Waals surface area contributed by atoms with Gasteiger partial charge in [0.1, 0.15) is 18.2 Å². The molecule has 0 bridgehead atoms. The topological polar surface area (TPSA) is 101 Å². The number of rotatable bonds is 6. The Kier molecular flexibility index (Phi) is 5.37. The van der Waals surface area contributed by atoms with E-state index in [0.717, 1.165) is 11.3 Å². The van der Waals surface area contributed by atoms with Crippen LogP contribution in [0.1, 0.15) is 12.8 Å². The molecule has 0 saturated carbocycles. The Hall–Kier alpha value is -4.02. The number of halogens is 2. The van der Waals surface area contributed by atoms with Crippen LogP contribution in [0, 0.1) is 11.6 Å². The second kappa shape index (κ2) is 8.49. The van der Waals surface area contributed by atoms with Crippen molar-refractivity contribution in [3.63, 3.8) is 0 Å². The zero-order valence-electron chi connectivity index (χ0n) is 17.3. The summed E-state index contributed by atoms with van der Waals surface area (Å²) >= 11 is 0. The lowest BCUT2D eigenvalue weighted by Gasteiger charge is -2.17. The molecule has 33 heavy (non-hydrogen) atoms. The van der Waals surface area contributed by atoms with Crippen molar-refractivity contribution in [2.75, 3.05) is 34.8 Å². The summed E-state index contributed by atoms with van der Waals surface area (Å²) in [5, 5.41) is 6.63. The van der Waals surface area contributed by atoms with E-state index in [-0.39, 0.29) is 30.2 Å². The van der Waals surface area contributed by atoms with Crippen LogP contribution in [0.15, 0.2) is 47.3 Å². The molecular formula is C22H19F2N5O4. The lowest BCUT2D eigenvalue weighted by atomic mass is 10.1. The molecule has 2 aromatic heterocycles. The second-order valence-electron chi connectivity index (χ2n) is 7.70. The first-order chi connectivity index (χ1) is 16.0. The van der Waals surface area contributed by atoms with E-state index in [1.165, 1.54) is 24.6 Å². The molecule has 9 nitrogen and oxygen atoms in total. The summed E-state index contributed by atoms with van der Waals surface area (Å²) in [5.74, 6) is -1.32. The summed E-state index contributed by atoms with van der Waals surface area (Å²) in [4.78, 5) is 31.0. The third kappa shape index (κ3) is 3.97. The smallest absolute Gasteiger partial charge is 0.414 e. The molecule has 11 heteroatoms. The van der Waals surface area contributed by atoms with E-state index < -0.39 is 23.8 Å². The fraction of sp³-hybridized carbons (Fsp3) is 0.273. The van der Waals surface area contributed by atoms with Crippen LogP contribution in [0.2, 0.25) is 0 Å². The molecule has 4 heterocycles. The van der Waals surface area contributed by atoms with Gasteiger partial charge in [0.15, 0.2) is 17.5 Å². The van der Waals surface area contributed by atoms with Gasteiger partial charge in [0.05, 0.1) is 18.8 Å². The van der Waals surface area contributed by atoms with Crippen LogP contribution in [-0.4, -0.2) is 47.9 Å². The van der Waals surface area contributed by atoms with Crippen molar-refractivity contribution >= 4 is 29.3 Å². The summed E-state index contributed by atoms with van der Waals surface area (Å²) in [6.07, 6.45) is 2.68. The number of nitrogens with one attached hydrogen (secondary N) is 1. The number of benzene rings is 1. The molecule has 170 valence electrons. The van der Waals surface area contributed by atoms with Crippen LogP contribution < -0.4 is 15.1 Å². The van der Waals surface area contributed by atoms with Crippen LogP contribution in [0.25, 0.3) is 11.1 Å². The predicted octanol–water partition coefficient (Wildman–Crippen LogP) is 3.58. The lowest BCUT2D eigenvalue weighted by Crippen LogP contribution is -2.28. The number of aromatic nitrogens is 2. The van der Waals surface area contributed by atoms with Crippen molar-refractivity contribution in [3.8, 4) is 11.1 Å². The standard InChI is InChI=1S/C22H19F2N5O4/c23-20-15(13-3-6-18(26-10-13)28-8-1-2-19(28)30)4-5-16(21(20)24)29-12-14(33-22(29)31)11-25-17-7-9-32-27-17/h3-7,9-10,14H,1-2,8,11-12H2,(H,25,27)/t14-/m0/s1. The number of nitrogens with zero attached hydrogens (tertiary/aromatic N) is 4. The fourth-order valence-corrected chi connectivity index (χ4v) is 3.91. The molecule has 2 fully saturated rings. The van der Waals surface area contributed by atoms with E-state index in [1.807, 2.05) is 0 Å². The number of pyridine rings is 1. The first-order valence-electron chi connectivity index (χ1n) is 10.4. The van der Waals surface area contributed by atoms with Crippen LogP contribution >= 0.6 is 0 Å². The molecule has 2 aliphatic heterocycles. The number of cyclic esters (lactones) is 1. The van der Waals surface area contributed by atoms with E-state index in [2.05, 4.69) is 15.5 Å². The van der Waals surface area contributed by atoms with Gasteiger partial charge in [-0.15, -0.1) is 0 Å². The van der Waals surface area contributed by atoms with Gasteiger partial charge in [0, 0.05) is 36.4 Å². The molecule has 0 unspecified atom stereocenters. The average Bonchev–Trinajstić information content (AvgIpc) is 3.56. The minimum Gasteiger partial charge on any atom is -0.442 e. The fourth-order valence-electron chi connectivity index (χ4n) is 3.91. The van der Waals surface area contributed by atoms with Crippen LogP contribution in [0.4, 0.5) is 30.9 Å². The number of amides is 2. The average molecular weight is 455 g/mol. The van der Waals surface area contributed by atoms with E-state index in [1.54, 1.807) is 23.1 Å². The molecule has 2 amide bonds. The predicted molar refractivity (Wildman–Crippen MR) is 114 cm³/mol. The minimum atomic E-state index is -1.16. The van der Waals surface area contributed by atoms with Crippen molar-refractivity contribution in [3.05, 3.63) is 54.4 Å². The maximum atomic E-state index is 14.9. The molecule has 1 aromatic carbocycles. The molecule has 2 saturated heterocycles. The van der Waals surface area contributed by atoms with Gasteiger partial charge in [-0.25, -0.2) is 18.6 Å². The van der Waals surface area contributed by atoms with Gasteiger partial charge in [0.25, 0.3) is 0 Å². The Morgan fingerprint density at radius 2 is 1.97 bits per heavy atom. The molecule has 0 aliphatic carbocycles. The lowest BCUT2D eigenvalue weighted by molar-refractivity contribution is -0.117. The number of hydrogen-bond donors (Lipinski definition) is 1. The maximum absolute atomic E-state index is 14.9. The van der Waals surface area contributed by atoms with Crippen molar-refractivity contribution in [1.29, 1.82) is 0 Å². The number of ether oxygens (including phenoxy) is 1. The summed E-state index contributed by atoms with van der Waals surface area (Å²) < 4.78 is 39.8. The zero-order valence-corrected chi connectivity index (χ0v) is 17.3. The molecule has 1 N–H and O–H groups in total. The van der Waals surface area contributed by atoms with Crippen molar-refractivity contribution in [1.82, 2.24) is 10.1 Å². The van der Waals surface area contributed by atoms with Crippen LogP contribution in [0.5, 0.6) is 0 Å². The molecule has 1 atom stereocenters. The molecule has 5 rings (SSSR count). The number of carbonyl (C=O) groups excluding carboxylic acids is 2. The van der Waals surface area contributed by atoms with Gasteiger partial charge in [-0.2, -0.15) is 0 Å². The van der Waals surface area contributed by atoms with Crippen molar-refractivity contribution in [2.45, 2.75) is 18.9 Å². The van der Waals surface area contributed by atoms with Gasteiger partial charge in [-0.05, 0) is 30.7 Å². The summed E-state index contributed by atoms with van der Waals surface area (Å²) in [5.41, 5.74) is 0.143. The monoisotopic (exact) mass is 455 g/mol. The third-order valence-corrected chi connectivity index (χ3v) is 5.58. The highest BCUT2D eigenvalue weighted by atomic mass is 19.2. The highest BCUT2D eigenvalue weighted by Crippen LogP contribution is 2.33. The van der Waals surface area contributed by atoms with E-state index in [9.17, 15) is 18.4 Å². The first kappa shape index (κ1) is 20.9. The van der Waals surface area contributed by atoms with Crippen molar-refractivity contribution < 1.29 is 27.6 Å². The number of carbonyl (C=O) groups is 2. The quantitative estimate of drug-likeness (QED) is 0.606. The van der Waals surface area contributed by atoms with Crippen LogP contribution in [-0.2, 0) is 9.53 Å². The largest absolute Gasteiger partial charge is 0.442 e. The second-order valence-corrected chi connectivity index (χ2v) is 7.70. The Morgan fingerprint density at radius 1 is 1.09 bits per heavy atom. The maximum Gasteiger partial charge on any atom is 0.414 e. The van der Waals surface area contributed by atoms with Gasteiger partial charge in [0.2, 0.25) is 5.91 Å². The van der Waals surface area contributed by atoms with Gasteiger partial charge in [-0.3, -0.25) is 14.6 Å². The minimum absolute atomic E-state index is 0.000128. The Labute approximate surface area is 186 Å². The van der Waals surface area contributed by atoms with Gasteiger partial charge < -0.3 is 14.6 Å². The zero-order chi connectivity index (χ0) is 22.9.